The summed E-state index contributed by atoms with van der Waals surface area (Å²) in [6, 6.07) is 10.6. The molecule has 0 saturated heterocycles. The number of H-pyrrole nitrogens is 1. The molecule has 0 fully saturated rings. The van der Waals surface area contributed by atoms with Gasteiger partial charge in [-0.3, -0.25) is 0 Å². The average molecular weight is 328 g/mol. The summed E-state index contributed by atoms with van der Waals surface area (Å²) in [6.07, 6.45) is 2.80. The van der Waals surface area contributed by atoms with Gasteiger partial charge in [-0.05, 0) is 54.9 Å². The summed E-state index contributed by atoms with van der Waals surface area (Å²) in [5.41, 5.74) is 3.06. The minimum Gasteiger partial charge on any atom is -0.497 e. The number of rotatable bonds is 7. The summed E-state index contributed by atoms with van der Waals surface area (Å²) in [7, 11) is 3.31. The zero-order valence-corrected chi connectivity index (χ0v) is 13.9. The van der Waals surface area contributed by atoms with Gasteiger partial charge in [0.15, 0.2) is 0 Å². The van der Waals surface area contributed by atoms with E-state index >= 15 is 0 Å². The molecule has 0 aliphatic heterocycles. The predicted octanol–water partition coefficient (Wildman–Crippen LogP) is 3.66. The summed E-state index contributed by atoms with van der Waals surface area (Å²) >= 11 is 0. The summed E-state index contributed by atoms with van der Waals surface area (Å²) in [6.45, 7) is 1.50. The first-order chi connectivity index (χ1) is 11.7. The van der Waals surface area contributed by atoms with E-state index in [9.17, 15) is 4.39 Å². The highest BCUT2D eigenvalue weighted by Gasteiger charge is 2.06. The smallest absolute Gasteiger partial charge is 0.125 e. The Morgan fingerprint density at radius 1 is 1.04 bits per heavy atom. The maximum absolute atomic E-state index is 13.2. The quantitative estimate of drug-likeness (QED) is 0.651. The highest BCUT2D eigenvalue weighted by Crippen LogP contribution is 2.24. The van der Waals surface area contributed by atoms with Crippen molar-refractivity contribution in [3.05, 3.63) is 59.5 Å². The zero-order chi connectivity index (χ0) is 16.9. The van der Waals surface area contributed by atoms with E-state index in [1.807, 2.05) is 30.5 Å². The van der Waals surface area contributed by atoms with E-state index in [0.29, 0.717) is 6.54 Å². The van der Waals surface area contributed by atoms with Gasteiger partial charge in [0.25, 0.3) is 0 Å². The second-order valence-corrected chi connectivity index (χ2v) is 5.61. The molecule has 1 heterocycles. The second kappa shape index (κ2) is 7.36. The van der Waals surface area contributed by atoms with Gasteiger partial charge in [-0.1, -0.05) is 0 Å². The molecule has 0 radical (unpaired) electrons. The Kier molecular flexibility index (Phi) is 5.01. The highest BCUT2D eigenvalue weighted by molar-refractivity contribution is 5.83. The third-order valence-electron chi connectivity index (χ3n) is 4.10. The maximum atomic E-state index is 13.2. The fraction of sp³-hybridized carbons (Fsp3) is 0.263. The largest absolute Gasteiger partial charge is 0.497 e. The van der Waals surface area contributed by atoms with Crippen LogP contribution in [0.4, 0.5) is 4.39 Å². The minimum atomic E-state index is -0.223. The van der Waals surface area contributed by atoms with E-state index < -0.39 is 0 Å². The molecule has 4 nitrogen and oxygen atoms in total. The van der Waals surface area contributed by atoms with E-state index in [-0.39, 0.29) is 5.82 Å². The normalized spacial score (nSPS) is 11.0. The Hall–Kier alpha value is -2.53. The van der Waals surface area contributed by atoms with E-state index in [1.165, 1.54) is 17.7 Å². The van der Waals surface area contributed by atoms with Crippen LogP contribution in [0.1, 0.15) is 11.1 Å². The summed E-state index contributed by atoms with van der Waals surface area (Å²) in [5, 5.41) is 4.49. The number of methoxy groups -OCH3 is 2. The van der Waals surface area contributed by atoms with Gasteiger partial charge < -0.3 is 19.8 Å². The molecule has 2 aromatic carbocycles. The monoisotopic (exact) mass is 328 g/mol. The summed E-state index contributed by atoms with van der Waals surface area (Å²) in [5.74, 6) is 1.43. The van der Waals surface area contributed by atoms with Gasteiger partial charge in [0, 0.05) is 29.2 Å². The molecule has 0 atom stereocenters. The van der Waals surface area contributed by atoms with E-state index in [4.69, 9.17) is 9.47 Å². The van der Waals surface area contributed by atoms with Gasteiger partial charge in [0.1, 0.15) is 17.3 Å². The Labute approximate surface area is 140 Å². The molecule has 0 spiro atoms. The van der Waals surface area contributed by atoms with Crippen molar-refractivity contribution in [3.8, 4) is 11.5 Å². The van der Waals surface area contributed by atoms with Crippen molar-refractivity contribution in [3.63, 3.8) is 0 Å². The first-order valence-electron chi connectivity index (χ1n) is 7.88. The van der Waals surface area contributed by atoms with Crippen LogP contribution in [-0.2, 0) is 13.0 Å². The Morgan fingerprint density at radius 3 is 2.71 bits per heavy atom. The van der Waals surface area contributed by atoms with E-state index in [2.05, 4.69) is 10.3 Å². The van der Waals surface area contributed by atoms with Crippen molar-refractivity contribution in [2.45, 2.75) is 13.0 Å². The molecule has 3 rings (SSSR count). The van der Waals surface area contributed by atoms with Crippen molar-refractivity contribution < 1.29 is 13.9 Å². The van der Waals surface area contributed by atoms with Crippen LogP contribution in [0.25, 0.3) is 10.9 Å². The van der Waals surface area contributed by atoms with Crippen LogP contribution in [-0.4, -0.2) is 25.7 Å². The van der Waals surface area contributed by atoms with Crippen molar-refractivity contribution in [2.24, 2.45) is 0 Å². The number of aromatic nitrogens is 1. The lowest BCUT2D eigenvalue weighted by Gasteiger charge is -2.11. The lowest BCUT2D eigenvalue weighted by molar-refractivity contribution is 0.397. The molecule has 0 aliphatic carbocycles. The number of nitrogens with one attached hydrogen (secondary N) is 2. The van der Waals surface area contributed by atoms with Crippen molar-refractivity contribution in [1.82, 2.24) is 10.3 Å². The van der Waals surface area contributed by atoms with Gasteiger partial charge in [-0.2, -0.15) is 0 Å². The second-order valence-electron chi connectivity index (χ2n) is 5.61. The molecule has 24 heavy (non-hydrogen) atoms. The van der Waals surface area contributed by atoms with E-state index in [1.54, 1.807) is 14.2 Å². The molecular formula is C19H21FN2O2. The Morgan fingerprint density at radius 2 is 1.92 bits per heavy atom. The van der Waals surface area contributed by atoms with Crippen LogP contribution in [0.3, 0.4) is 0 Å². The van der Waals surface area contributed by atoms with Crippen molar-refractivity contribution in [1.29, 1.82) is 0 Å². The molecule has 0 saturated carbocycles. The number of benzene rings is 2. The van der Waals surface area contributed by atoms with Crippen LogP contribution in [0, 0.1) is 5.82 Å². The van der Waals surface area contributed by atoms with Crippen LogP contribution < -0.4 is 14.8 Å². The fourth-order valence-electron chi connectivity index (χ4n) is 2.83. The molecule has 126 valence electrons. The molecule has 0 bridgehead atoms. The molecule has 5 heteroatoms. The number of hydrogen-bond donors (Lipinski definition) is 2. The molecule has 3 aromatic rings. The van der Waals surface area contributed by atoms with Gasteiger partial charge in [-0.25, -0.2) is 4.39 Å². The number of ether oxygens (including phenoxy) is 2. The first kappa shape index (κ1) is 16.3. The standard InChI is InChI=1S/C19H21FN2O2/c1-23-16-4-6-19(24-2)14(9-16)11-21-8-7-13-12-22-18-10-15(20)3-5-17(13)18/h3-6,9-10,12,21-22H,7-8,11H2,1-2H3. The molecule has 0 amide bonds. The average Bonchev–Trinajstić information content (AvgIpc) is 3.00. The molecular weight excluding hydrogens is 307 g/mol. The minimum absolute atomic E-state index is 0.223. The SMILES string of the molecule is COc1ccc(OC)c(CNCCc2c[nH]c3cc(F)ccc23)c1. The summed E-state index contributed by atoms with van der Waals surface area (Å²) in [4.78, 5) is 3.12. The van der Waals surface area contributed by atoms with Crippen LogP contribution in [0.15, 0.2) is 42.6 Å². The van der Waals surface area contributed by atoms with Gasteiger partial charge in [0.05, 0.1) is 14.2 Å². The van der Waals surface area contributed by atoms with Crippen LogP contribution in [0.2, 0.25) is 0 Å². The third-order valence-corrected chi connectivity index (χ3v) is 4.10. The molecule has 2 N–H and O–H groups in total. The highest BCUT2D eigenvalue weighted by atomic mass is 19.1. The Bertz CT molecular complexity index is 829. The van der Waals surface area contributed by atoms with Crippen molar-refractivity contribution >= 4 is 10.9 Å². The first-order valence-corrected chi connectivity index (χ1v) is 7.88. The third kappa shape index (κ3) is 3.51. The fourth-order valence-corrected chi connectivity index (χ4v) is 2.83. The van der Waals surface area contributed by atoms with Gasteiger partial charge in [0.2, 0.25) is 0 Å². The summed E-state index contributed by atoms with van der Waals surface area (Å²) < 4.78 is 23.9. The number of hydrogen-bond acceptors (Lipinski definition) is 3. The number of halogens is 1. The van der Waals surface area contributed by atoms with Gasteiger partial charge >= 0.3 is 0 Å². The maximum Gasteiger partial charge on any atom is 0.125 e. The lowest BCUT2D eigenvalue weighted by Crippen LogP contribution is -2.17. The zero-order valence-electron chi connectivity index (χ0n) is 13.9. The topological polar surface area (TPSA) is 46.3 Å². The van der Waals surface area contributed by atoms with Crippen LogP contribution >= 0.6 is 0 Å². The lowest BCUT2D eigenvalue weighted by atomic mass is 10.1. The van der Waals surface area contributed by atoms with E-state index in [0.717, 1.165) is 40.9 Å². The molecule has 1 aromatic heterocycles. The Balaban J connectivity index is 1.60. The molecule has 0 unspecified atom stereocenters. The predicted molar refractivity (Wildman–Crippen MR) is 93.2 cm³/mol. The van der Waals surface area contributed by atoms with Gasteiger partial charge in [-0.15, -0.1) is 0 Å². The number of aromatic amines is 1. The number of fused-ring (bicyclic) bond motifs is 1. The molecule has 0 aliphatic rings. The van der Waals surface area contributed by atoms with Crippen LogP contribution in [0.5, 0.6) is 11.5 Å². The van der Waals surface area contributed by atoms with Crippen molar-refractivity contribution in [2.75, 3.05) is 20.8 Å².